The first kappa shape index (κ1) is 28.0. The quantitative estimate of drug-likeness (QED) is 0.194. The van der Waals surface area contributed by atoms with E-state index in [4.69, 9.17) is 0 Å². The number of carboxylic acid groups (broad SMARTS) is 1. The molecule has 4 atom stereocenters. The van der Waals surface area contributed by atoms with Crippen LogP contribution in [0.3, 0.4) is 0 Å². The van der Waals surface area contributed by atoms with Crippen molar-refractivity contribution in [1.29, 1.82) is 0 Å². The Morgan fingerprint density at radius 1 is 1.21 bits per heavy atom. The van der Waals surface area contributed by atoms with Crippen LogP contribution in [0, 0.1) is 0 Å². The number of fused-ring (bicyclic) bond motifs is 2. The molecule has 2 saturated heterocycles. The molecular weight excluding hydrogens is 547 g/mol. The number of aromatic nitrogens is 3. The van der Waals surface area contributed by atoms with Gasteiger partial charge in [0.1, 0.15) is 23.0 Å². The maximum Gasteiger partial charge on any atom is 1.00 e. The number of nitrogens with zero attached hydrogens (tertiary/aromatic N) is 4. The number of carbonyl (C=O) groups is 4. The van der Waals surface area contributed by atoms with Crippen molar-refractivity contribution in [2.45, 2.75) is 42.1 Å². The predicted octanol–water partition coefficient (Wildman–Crippen LogP) is -4.37. The van der Waals surface area contributed by atoms with Gasteiger partial charge in [0.15, 0.2) is 5.65 Å². The van der Waals surface area contributed by atoms with E-state index < -0.39 is 68.9 Å². The Hall–Kier alpha value is -2.98. The molecule has 2 aliphatic heterocycles. The Morgan fingerprint density at radius 2 is 1.95 bits per heavy atom. The van der Waals surface area contributed by atoms with Gasteiger partial charge >= 0.3 is 29.6 Å². The van der Waals surface area contributed by atoms with Gasteiger partial charge in [0.25, 0.3) is 11.5 Å². The van der Waals surface area contributed by atoms with Crippen LogP contribution in [-0.2, 0) is 14.4 Å². The van der Waals surface area contributed by atoms with Crippen molar-refractivity contribution in [1.82, 2.24) is 30.1 Å². The van der Waals surface area contributed by atoms with Crippen LogP contribution in [0.5, 0.6) is 5.88 Å². The zero-order valence-electron chi connectivity index (χ0n) is 20.3. The fourth-order valence-electron chi connectivity index (χ4n) is 4.42. The summed E-state index contributed by atoms with van der Waals surface area (Å²) in [5, 5.41) is 32.7. The Balaban J connectivity index is 0.00000336. The molecule has 0 saturated carbocycles. The van der Waals surface area contributed by atoms with Crippen molar-refractivity contribution in [3.05, 3.63) is 56.6 Å². The Bertz CT molecular complexity index is 1510. The molecule has 38 heavy (non-hydrogen) atoms. The van der Waals surface area contributed by atoms with Crippen LogP contribution in [0.4, 0.5) is 0 Å². The molecule has 1 unspecified atom stereocenters. The number of aromatic hydroxyl groups is 1. The largest absolute Gasteiger partial charge is 1.00 e. The van der Waals surface area contributed by atoms with Gasteiger partial charge in [-0.3, -0.25) is 19.2 Å². The van der Waals surface area contributed by atoms with E-state index in [0.29, 0.717) is 5.56 Å². The van der Waals surface area contributed by atoms with Gasteiger partial charge in [-0.1, -0.05) is 0 Å². The smallest absolute Gasteiger partial charge is 0.548 e. The first-order valence-corrected chi connectivity index (χ1v) is 12.7. The number of β-lactam (4-membered cyclic amide) rings is 1. The fraction of sp³-hybridized carbons (Fsp3) is 0.318. The maximum absolute atomic E-state index is 13.3. The minimum absolute atomic E-state index is 0. The van der Waals surface area contributed by atoms with E-state index in [2.05, 4.69) is 20.7 Å². The molecule has 16 heteroatoms. The first-order valence-electron chi connectivity index (χ1n) is 10.9. The van der Waals surface area contributed by atoms with Gasteiger partial charge in [-0.15, -0.1) is 16.9 Å². The summed E-state index contributed by atoms with van der Waals surface area (Å²) in [5.41, 5.74) is -0.757. The van der Waals surface area contributed by atoms with Crippen LogP contribution >= 0.6 is 23.1 Å². The zero-order chi connectivity index (χ0) is 26.6. The molecule has 192 valence electrons. The summed E-state index contributed by atoms with van der Waals surface area (Å²) in [7, 11) is 0. The van der Waals surface area contributed by atoms with Gasteiger partial charge < -0.3 is 30.5 Å². The molecule has 3 N–H and O–H groups in total. The molecule has 13 nitrogen and oxygen atoms in total. The van der Waals surface area contributed by atoms with E-state index in [1.807, 2.05) is 0 Å². The zero-order valence-corrected chi connectivity index (χ0v) is 23.9. The summed E-state index contributed by atoms with van der Waals surface area (Å²) < 4.78 is -0.0638. The van der Waals surface area contributed by atoms with Gasteiger partial charge in [-0.25, -0.2) is 4.98 Å². The molecular formula is C22H19N6NaO7S2. The van der Waals surface area contributed by atoms with E-state index in [1.54, 1.807) is 30.7 Å². The molecule has 0 aliphatic carbocycles. The molecule has 0 aromatic carbocycles. The summed E-state index contributed by atoms with van der Waals surface area (Å²) in [6.07, 6.45) is 1.04. The number of rotatable bonds is 6. The monoisotopic (exact) mass is 566 g/mol. The Morgan fingerprint density at radius 3 is 2.61 bits per heavy atom. The summed E-state index contributed by atoms with van der Waals surface area (Å²) in [5.74, 6) is -4.02. The third-order valence-electron chi connectivity index (χ3n) is 6.17. The summed E-state index contributed by atoms with van der Waals surface area (Å²) in [4.78, 5) is 68.7. The average Bonchev–Trinajstić information content (AvgIpc) is 3.45. The molecule has 3 aromatic rings. The average molecular weight is 567 g/mol. The van der Waals surface area contributed by atoms with E-state index in [1.165, 1.54) is 40.1 Å². The second-order valence-electron chi connectivity index (χ2n) is 8.97. The molecule has 5 rings (SSSR count). The second-order valence-corrected chi connectivity index (χ2v) is 11.5. The van der Waals surface area contributed by atoms with E-state index in [9.17, 15) is 34.2 Å². The van der Waals surface area contributed by atoms with Crippen LogP contribution in [0.15, 0.2) is 40.0 Å². The van der Waals surface area contributed by atoms with Crippen LogP contribution in [-0.4, -0.2) is 70.5 Å². The van der Waals surface area contributed by atoms with Gasteiger partial charge in [-0.2, -0.15) is 15.9 Å². The van der Waals surface area contributed by atoms with Gasteiger partial charge in [0.05, 0.1) is 12.0 Å². The number of carbonyl (C=O) groups excluding carboxylic acids is 4. The number of thiophene rings is 1. The number of thioether (sulfide) groups is 1. The summed E-state index contributed by atoms with van der Waals surface area (Å²) >= 11 is 2.51. The van der Waals surface area contributed by atoms with Gasteiger partial charge in [-0.05, 0) is 42.3 Å². The molecule has 2 aliphatic rings. The van der Waals surface area contributed by atoms with Crippen LogP contribution in [0.1, 0.15) is 35.8 Å². The summed E-state index contributed by atoms with van der Waals surface area (Å²) in [6, 6.07) is 0.777. The minimum Gasteiger partial charge on any atom is -0.548 e. The number of hydrogen-bond donors (Lipinski definition) is 3. The van der Waals surface area contributed by atoms with Gasteiger partial charge in [0, 0.05) is 17.0 Å². The van der Waals surface area contributed by atoms with Gasteiger partial charge in [0.2, 0.25) is 17.7 Å². The van der Waals surface area contributed by atoms with Crippen LogP contribution in [0.2, 0.25) is 0 Å². The number of hydrogen-bond acceptors (Lipinski definition) is 11. The van der Waals surface area contributed by atoms with E-state index in [-0.39, 0.29) is 35.2 Å². The van der Waals surface area contributed by atoms with E-state index in [0.717, 1.165) is 10.7 Å². The fourth-order valence-corrected chi connectivity index (χ4v) is 6.73. The molecule has 5 heterocycles. The van der Waals surface area contributed by atoms with Crippen LogP contribution in [0.25, 0.3) is 5.65 Å². The van der Waals surface area contributed by atoms with Crippen molar-refractivity contribution >= 4 is 52.4 Å². The van der Waals surface area contributed by atoms with Crippen molar-refractivity contribution in [3.8, 4) is 5.88 Å². The first-order chi connectivity index (χ1) is 17.5. The molecule has 3 amide bonds. The maximum atomic E-state index is 13.3. The number of aliphatic carboxylic acids is 1. The topological polar surface area (TPSA) is 186 Å². The van der Waals surface area contributed by atoms with Crippen LogP contribution < -0.4 is 50.9 Å². The van der Waals surface area contributed by atoms with E-state index >= 15 is 0 Å². The Labute approximate surface area is 244 Å². The normalized spacial score (nSPS) is 22.1. The Kier molecular flexibility index (Phi) is 7.60. The van der Waals surface area contributed by atoms with Crippen molar-refractivity contribution < 1.29 is 58.9 Å². The number of nitrogens with one attached hydrogen (secondary N) is 2. The molecule has 0 spiro atoms. The number of carboxylic acids is 1. The third-order valence-corrected chi connectivity index (χ3v) is 8.44. The SMILES string of the molecule is CC1(C)S[C@@H]2[C@H](NC(=O)C(NC(=O)c3cnc4ccc(O)nn4c3=O)c3ccsc3)C(=O)N2[C@H]1C(=O)[O-].[Na+]. The minimum atomic E-state index is -1.38. The van der Waals surface area contributed by atoms with Crippen molar-refractivity contribution in [3.63, 3.8) is 0 Å². The summed E-state index contributed by atoms with van der Waals surface area (Å²) in [6.45, 7) is 3.36. The van der Waals surface area contributed by atoms with Crippen molar-refractivity contribution in [2.75, 3.05) is 0 Å². The standard InChI is InChI=1S/C22H20N6O7S2.Na/c1-22(2)15(21(34)35)27-19(33)14(20(27)37-22)25-17(31)13(9-5-6-36-8-9)24-16(30)10-7-23-11-3-4-12(29)26-28(11)18(10)32;/h3-8,13-15,20H,1-2H3,(H,24,30)(H,25,31)(H,26,29)(H,34,35);/q;+1/p-1/t13?,14-,15+,20-;/m1./s1. The number of amides is 3. The molecule has 2 fully saturated rings. The molecule has 0 bridgehead atoms. The predicted molar refractivity (Wildman–Crippen MR) is 128 cm³/mol. The second kappa shape index (κ2) is 10.3. The molecule has 0 radical (unpaired) electrons. The molecule has 3 aromatic heterocycles. The third kappa shape index (κ3) is 4.68. The van der Waals surface area contributed by atoms with Crippen molar-refractivity contribution in [2.24, 2.45) is 0 Å².